The Hall–Kier alpha value is -1.89. The Labute approximate surface area is 158 Å². The minimum absolute atomic E-state index is 0.119. The van der Waals surface area contributed by atoms with Crippen molar-refractivity contribution < 1.29 is 17.9 Å². The van der Waals surface area contributed by atoms with Crippen LogP contribution in [0.15, 0.2) is 53.4 Å². The van der Waals surface area contributed by atoms with Crippen molar-refractivity contribution in [3.8, 4) is 0 Å². The monoisotopic (exact) mass is 393 g/mol. The lowest BCUT2D eigenvalue weighted by Gasteiger charge is -2.17. The predicted octanol–water partition coefficient (Wildman–Crippen LogP) is 4.04. The Kier molecular flexibility index (Phi) is 5.65. The molecule has 1 atom stereocenters. The molecule has 0 spiro atoms. The lowest BCUT2D eigenvalue weighted by molar-refractivity contribution is 0.0337. The fourth-order valence-corrected chi connectivity index (χ4v) is 4.58. The minimum atomic E-state index is -3.57. The number of esters is 1. The first-order valence-electron chi connectivity index (χ1n) is 8.44. The zero-order valence-electron chi connectivity index (χ0n) is 14.4. The van der Waals surface area contributed by atoms with Gasteiger partial charge < -0.3 is 4.74 Å². The fraction of sp³-hybridized carbons (Fsp3) is 0.316. The molecule has 1 heterocycles. The largest absolute Gasteiger partial charge is 0.454 e. The lowest BCUT2D eigenvalue weighted by atomic mass is 10.1. The van der Waals surface area contributed by atoms with E-state index in [1.807, 2.05) is 0 Å². The van der Waals surface area contributed by atoms with Crippen LogP contribution in [0.25, 0.3) is 0 Å². The van der Waals surface area contributed by atoms with Gasteiger partial charge in [-0.05, 0) is 55.7 Å². The molecule has 0 aromatic heterocycles. The van der Waals surface area contributed by atoms with Gasteiger partial charge in [-0.25, -0.2) is 13.2 Å². The fourth-order valence-electron chi connectivity index (χ4n) is 2.89. The van der Waals surface area contributed by atoms with Gasteiger partial charge >= 0.3 is 5.97 Å². The van der Waals surface area contributed by atoms with E-state index < -0.39 is 22.1 Å². The second-order valence-electron chi connectivity index (χ2n) is 6.24. The van der Waals surface area contributed by atoms with Crippen molar-refractivity contribution in [2.45, 2.75) is 30.8 Å². The van der Waals surface area contributed by atoms with E-state index in [-0.39, 0.29) is 10.5 Å². The van der Waals surface area contributed by atoms with Crippen LogP contribution >= 0.6 is 11.6 Å². The molecule has 0 aliphatic carbocycles. The number of ether oxygens (including phenoxy) is 1. The average Bonchev–Trinajstić information content (AvgIpc) is 3.18. The second kappa shape index (κ2) is 7.78. The lowest BCUT2D eigenvalue weighted by Crippen LogP contribution is -2.28. The molecule has 0 bridgehead atoms. The molecule has 2 aromatic rings. The van der Waals surface area contributed by atoms with Crippen LogP contribution in [-0.4, -0.2) is 31.8 Å². The normalized spacial score (nSPS) is 16.4. The van der Waals surface area contributed by atoms with Gasteiger partial charge in [0.2, 0.25) is 10.0 Å². The first-order chi connectivity index (χ1) is 12.4. The maximum atomic E-state index is 12.6. The van der Waals surface area contributed by atoms with E-state index in [2.05, 4.69) is 0 Å². The Morgan fingerprint density at radius 3 is 2.42 bits per heavy atom. The van der Waals surface area contributed by atoms with Crippen LogP contribution in [0.3, 0.4) is 0 Å². The van der Waals surface area contributed by atoms with Crippen molar-refractivity contribution >= 4 is 27.6 Å². The third-order valence-electron chi connectivity index (χ3n) is 4.40. The predicted molar refractivity (Wildman–Crippen MR) is 99.7 cm³/mol. The summed E-state index contributed by atoms with van der Waals surface area (Å²) in [5.74, 6) is -0.564. The quantitative estimate of drug-likeness (QED) is 0.719. The van der Waals surface area contributed by atoms with Gasteiger partial charge in [0.1, 0.15) is 6.10 Å². The van der Waals surface area contributed by atoms with Gasteiger partial charge in [0.05, 0.1) is 10.5 Å². The molecule has 7 heteroatoms. The van der Waals surface area contributed by atoms with Crippen molar-refractivity contribution in [1.29, 1.82) is 0 Å². The van der Waals surface area contributed by atoms with Gasteiger partial charge in [-0.2, -0.15) is 4.31 Å². The highest BCUT2D eigenvalue weighted by Gasteiger charge is 2.28. The van der Waals surface area contributed by atoms with E-state index in [1.54, 1.807) is 43.3 Å². The molecule has 26 heavy (non-hydrogen) atoms. The van der Waals surface area contributed by atoms with Crippen molar-refractivity contribution in [2.24, 2.45) is 0 Å². The van der Waals surface area contributed by atoms with Crippen LogP contribution in [0, 0.1) is 0 Å². The molecule has 0 unspecified atom stereocenters. The van der Waals surface area contributed by atoms with Crippen molar-refractivity contribution in [3.63, 3.8) is 0 Å². The molecular formula is C19H20ClNO4S. The summed E-state index contributed by atoms with van der Waals surface area (Å²) < 4.78 is 32.2. The summed E-state index contributed by atoms with van der Waals surface area (Å²) in [5.41, 5.74) is 1.02. The van der Waals surface area contributed by atoms with E-state index >= 15 is 0 Å². The molecule has 0 radical (unpaired) electrons. The van der Waals surface area contributed by atoms with Crippen LogP contribution in [-0.2, 0) is 14.8 Å². The summed E-state index contributed by atoms with van der Waals surface area (Å²) in [6, 6.07) is 13.0. The number of carbonyl (C=O) groups excluding carboxylic acids is 1. The summed E-state index contributed by atoms with van der Waals surface area (Å²) in [4.78, 5) is 12.6. The first kappa shape index (κ1) is 18.9. The highest BCUT2D eigenvalue weighted by molar-refractivity contribution is 7.89. The van der Waals surface area contributed by atoms with Crippen molar-refractivity contribution in [1.82, 2.24) is 4.31 Å². The number of rotatable bonds is 5. The maximum absolute atomic E-state index is 12.6. The van der Waals surface area contributed by atoms with Crippen molar-refractivity contribution in [3.05, 3.63) is 64.7 Å². The number of halogens is 1. The highest BCUT2D eigenvalue weighted by atomic mass is 35.5. The van der Waals surface area contributed by atoms with Crippen LogP contribution in [0.1, 0.15) is 41.8 Å². The number of hydrogen-bond acceptors (Lipinski definition) is 4. The average molecular weight is 394 g/mol. The van der Waals surface area contributed by atoms with Gasteiger partial charge in [0, 0.05) is 18.1 Å². The molecule has 0 amide bonds. The standard InChI is InChI=1S/C19H20ClNO4S/c1-14(15-7-9-17(20)10-8-15)25-19(22)16-5-4-6-18(13-16)26(23,24)21-11-2-3-12-21/h4-10,13-14H,2-3,11-12H2,1H3/t14-/m1/s1. The molecule has 2 aromatic carbocycles. The molecular weight excluding hydrogens is 374 g/mol. The van der Waals surface area contributed by atoms with E-state index in [4.69, 9.17) is 16.3 Å². The number of hydrogen-bond donors (Lipinski definition) is 0. The van der Waals surface area contributed by atoms with Gasteiger partial charge in [-0.3, -0.25) is 0 Å². The second-order valence-corrected chi connectivity index (χ2v) is 8.61. The summed E-state index contributed by atoms with van der Waals surface area (Å²) in [7, 11) is -3.57. The molecule has 0 N–H and O–H groups in total. The summed E-state index contributed by atoms with van der Waals surface area (Å²) >= 11 is 5.86. The Bertz CT molecular complexity index is 890. The summed E-state index contributed by atoms with van der Waals surface area (Å²) in [6.07, 6.45) is 1.25. The topological polar surface area (TPSA) is 63.7 Å². The van der Waals surface area contributed by atoms with Crippen LogP contribution < -0.4 is 0 Å². The minimum Gasteiger partial charge on any atom is -0.454 e. The number of sulfonamides is 1. The van der Waals surface area contributed by atoms with Gasteiger partial charge in [-0.1, -0.05) is 29.8 Å². The first-order valence-corrected chi connectivity index (χ1v) is 10.3. The molecule has 138 valence electrons. The molecule has 5 nitrogen and oxygen atoms in total. The van der Waals surface area contributed by atoms with Gasteiger partial charge in [-0.15, -0.1) is 0 Å². The smallest absolute Gasteiger partial charge is 0.338 e. The van der Waals surface area contributed by atoms with Gasteiger partial charge in [0.15, 0.2) is 0 Å². The Balaban J connectivity index is 1.77. The van der Waals surface area contributed by atoms with Crippen molar-refractivity contribution in [2.75, 3.05) is 13.1 Å². The number of carbonyl (C=O) groups is 1. The molecule has 0 saturated carbocycles. The third kappa shape index (κ3) is 4.09. The van der Waals surface area contributed by atoms with Crippen LogP contribution in [0.2, 0.25) is 5.02 Å². The van der Waals surface area contributed by atoms with Gasteiger partial charge in [0.25, 0.3) is 0 Å². The molecule has 1 aliphatic rings. The number of nitrogens with zero attached hydrogens (tertiary/aromatic N) is 1. The Morgan fingerprint density at radius 2 is 1.77 bits per heavy atom. The zero-order chi connectivity index (χ0) is 18.7. The van der Waals surface area contributed by atoms with E-state index in [1.165, 1.54) is 16.4 Å². The summed E-state index contributed by atoms with van der Waals surface area (Å²) in [6.45, 7) is 2.79. The zero-order valence-corrected chi connectivity index (χ0v) is 16.0. The summed E-state index contributed by atoms with van der Waals surface area (Å²) in [5, 5.41) is 0.604. The highest BCUT2D eigenvalue weighted by Crippen LogP contribution is 2.24. The molecule has 3 rings (SSSR count). The third-order valence-corrected chi connectivity index (χ3v) is 6.54. The molecule has 1 saturated heterocycles. The number of benzene rings is 2. The molecule has 1 fully saturated rings. The van der Waals surface area contributed by atoms with Crippen LogP contribution in [0.5, 0.6) is 0 Å². The SMILES string of the molecule is C[C@@H](OC(=O)c1cccc(S(=O)(=O)N2CCCC2)c1)c1ccc(Cl)cc1. The van der Waals surface area contributed by atoms with E-state index in [0.717, 1.165) is 18.4 Å². The van der Waals surface area contributed by atoms with E-state index in [9.17, 15) is 13.2 Å². The van der Waals surface area contributed by atoms with E-state index in [0.29, 0.717) is 18.1 Å². The van der Waals surface area contributed by atoms with Crippen LogP contribution in [0.4, 0.5) is 0 Å². The molecule has 1 aliphatic heterocycles. The Morgan fingerprint density at radius 1 is 1.12 bits per heavy atom. The maximum Gasteiger partial charge on any atom is 0.338 e.